The van der Waals surface area contributed by atoms with E-state index in [-0.39, 0.29) is 17.9 Å². The van der Waals surface area contributed by atoms with Gasteiger partial charge in [-0.25, -0.2) is 4.79 Å². The van der Waals surface area contributed by atoms with Crippen LogP contribution in [0.4, 0.5) is 0 Å². The van der Waals surface area contributed by atoms with Crippen molar-refractivity contribution in [1.82, 2.24) is 9.88 Å². The van der Waals surface area contributed by atoms with Gasteiger partial charge in [0.15, 0.2) is 5.78 Å². The lowest BCUT2D eigenvalue weighted by atomic mass is 9.99. The van der Waals surface area contributed by atoms with Crippen LogP contribution in [0.2, 0.25) is 0 Å². The van der Waals surface area contributed by atoms with Crippen molar-refractivity contribution in [1.29, 1.82) is 0 Å². The normalized spacial score (nSPS) is 13.7. The van der Waals surface area contributed by atoms with Gasteiger partial charge in [-0.05, 0) is 26.3 Å². The number of Topliss-reactive ketones (excluding diaryl/α,β-unsaturated/α-hetero) is 1. The maximum atomic E-state index is 12.1. The van der Waals surface area contributed by atoms with Gasteiger partial charge in [-0.3, -0.25) is 9.59 Å². The van der Waals surface area contributed by atoms with Gasteiger partial charge in [0.2, 0.25) is 0 Å². The Bertz CT molecular complexity index is 533. The SMILES string of the molecule is CCC(C)(NC(=O)c1cc(C(C)=O)cn1C)C(=O)O. The quantitative estimate of drug-likeness (QED) is 0.784. The third kappa shape index (κ3) is 3.01. The average Bonchev–Trinajstić information content (AvgIpc) is 2.71. The van der Waals surface area contributed by atoms with Gasteiger partial charge in [-0.1, -0.05) is 6.92 Å². The predicted molar refractivity (Wildman–Crippen MR) is 69.2 cm³/mol. The Balaban J connectivity index is 3.02. The minimum Gasteiger partial charge on any atom is -0.480 e. The fourth-order valence-corrected chi connectivity index (χ4v) is 1.59. The molecule has 0 aliphatic carbocycles. The summed E-state index contributed by atoms with van der Waals surface area (Å²) in [5, 5.41) is 11.6. The van der Waals surface area contributed by atoms with E-state index in [1.54, 1.807) is 20.2 Å². The Labute approximate surface area is 111 Å². The van der Waals surface area contributed by atoms with Crippen molar-refractivity contribution in [2.45, 2.75) is 32.7 Å². The maximum Gasteiger partial charge on any atom is 0.329 e. The van der Waals surface area contributed by atoms with Crippen LogP contribution >= 0.6 is 0 Å². The second-order valence-corrected chi connectivity index (χ2v) is 4.73. The number of nitrogens with zero attached hydrogens (tertiary/aromatic N) is 1. The van der Waals surface area contributed by atoms with Gasteiger partial charge in [0, 0.05) is 18.8 Å². The smallest absolute Gasteiger partial charge is 0.329 e. The van der Waals surface area contributed by atoms with Crippen LogP contribution in [-0.2, 0) is 11.8 Å². The molecule has 6 heteroatoms. The molecule has 0 fully saturated rings. The van der Waals surface area contributed by atoms with Gasteiger partial charge in [0.25, 0.3) is 5.91 Å². The first kappa shape index (κ1) is 14.9. The second kappa shape index (κ2) is 5.26. The summed E-state index contributed by atoms with van der Waals surface area (Å²) in [4.78, 5) is 34.5. The van der Waals surface area contributed by atoms with Crippen molar-refractivity contribution in [3.63, 3.8) is 0 Å². The standard InChI is InChI=1S/C13H18N2O4/c1-5-13(3,12(18)19)14-11(17)10-6-9(8(2)16)7-15(10)4/h6-7H,5H2,1-4H3,(H,14,17)(H,18,19). The summed E-state index contributed by atoms with van der Waals surface area (Å²) in [7, 11) is 1.63. The monoisotopic (exact) mass is 266 g/mol. The Morgan fingerprint density at radius 2 is 2.00 bits per heavy atom. The molecule has 0 saturated carbocycles. The van der Waals surface area contributed by atoms with Gasteiger partial charge in [-0.15, -0.1) is 0 Å². The molecule has 1 heterocycles. The fraction of sp³-hybridized carbons (Fsp3) is 0.462. The summed E-state index contributed by atoms with van der Waals surface area (Å²) in [6.45, 7) is 4.53. The van der Waals surface area contributed by atoms with E-state index in [1.165, 1.54) is 24.5 Å². The third-order valence-electron chi connectivity index (χ3n) is 3.21. The molecular formula is C13H18N2O4. The molecule has 1 unspecified atom stereocenters. The van der Waals surface area contributed by atoms with Crippen molar-refractivity contribution in [3.8, 4) is 0 Å². The lowest BCUT2D eigenvalue weighted by Gasteiger charge is -2.24. The molecule has 1 atom stereocenters. The van der Waals surface area contributed by atoms with Crippen molar-refractivity contribution < 1.29 is 19.5 Å². The van der Waals surface area contributed by atoms with E-state index in [4.69, 9.17) is 5.11 Å². The first-order chi connectivity index (χ1) is 8.71. The van der Waals surface area contributed by atoms with Crippen LogP contribution < -0.4 is 5.32 Å². The summed E-state index contributed by atoms with van der Waals surface area (Å²) in [6.07, 6.45) is 1.80. The summed E-state index contributed by atoms with van der Waals surface area (Å²) >= 11 is 0. The molecule has 19 heavy (non-hydrogen) atoms. The zero-order chi connectivity index (χ0) is 14.8. The first-order valence-corrected chi connectivity index (χ1v) is 5.94. The molecule has 2 N–H and O–H groups in total. The predicted octanol–water partition coefficient (Wildman–Crippen LogP) is 1.21. The molecule has 1 aromatic rings. The largest absolute Gasteiger partial charge is 0.480 e. The first-order valence-electron chi connectivity index (χ1n) is 5.94. The van der Waals surface area contributed by atoms with E-state index < -0.39 is 17.4 Å². The summed E-state index contributed by atoms with van der Waals surface area (Å²) < 4.78 is 1.50. The van der Waals surface area contributed by atoms with Gasteiger partial charge in [-0.2, -0.15) is 0 Å². The van der Waals surface area contributed by atoms with Gasteiger partial charge in [0.05, 0.1) is 0 Å². The molecule has 1 rings (SSSR count). The lowest BCUT2D eigenvalue weighted by Crippen LogP contribution is -2.52. The number of hydrogen-bond acceptors (Lipinski definition) is 3. The number of amides is 1. The van der Waals surface area contributed by atoms with Crippen LogP contribution in [0, 0.1) is 0 Å². The average molecular weight is 266 g/mol. The van der Waals surface area contributed by atoms with Crippen LogP contribution in [0.15, 0.2) is 12.3 Å². The molecule has 0 spiro atoms. The molecule has 0 aliphatic rings. The van der Waals surface area contributed by atoms with Gasteiger partial charge >= 0.3 is 5.97 Å². The van der Waals surface area contributed by atoms with E-state index in [1.807, 2.05) is 0 Å². The molecule has 0 saturated heterocycles. The highest BCUT2D eigenvalue weighted by atomic mass is 16.4. The number of ketones is 1. The molecule has 1 aromatic heterocycles. The minimum absolute atomic E-state index is 0.147. The summed E-state index contributed by atoms with van der Waals surface area (Å²) in [5.74, 6) is -1.75. The van der Waals surface area contributed by atoms with E-state index in [9.17, 15) is 14.4 Å². The van der Waals surface area contributed by atoms with Crippen LogP contribution in [0.5, 0.6) is 0 Å². The molecule has 0 radical (unpaired) electrons. The Morgan fingerprint density at radius 3 is 2.37 bits per heavy atom. The number of carbonyl (C=O) groups is 3. The topological polar surface area (TPSA) is 88.4 Å². The van der Waals surface area contributed by atoms with Crippen LogP contribution in [0.3, 0.4) is 0 Å². The van der Waals surface area contributed by atoms with E-state index in [0.717, 1.165) is 0 Å². The highest BCUT2D eigenvalue weighted by molar-refractivity contribution is 6.00. The molecule has 0 aliphatic heterocycles. The number of carbonyl (C=O) groups excluding carboxylic acids is 2. The number of nitrogens with one attached hydrogen (secondary N) is 1. The molecule has 0 bridgehead atoms. The third-order valence-corrected chi connectivity index (χ3v) is 3.21. The molecule has 104 valence electrons. The lowest BCUT2D eigenvalue weighted by molar-refractivity contribution is -0.143. The second-order valence-electron chi connectivity index (χ2n) is 4.73. The van der Waals surface area contributed by atoms with Gasteiger partial charge in [0.1, 0.15) is 11.2 Å². The summed E-state index contributed by atoms with van der Waals surface area (Å²) in [6, 6.07) is 1.45. The number of aryl methyl sites for hydroxylation is 1. The molecular weight excluding hydrogens is 248 g/mol. The van der Waals surface area contributed by atoms with Crippen molar-refractivity contribution in [2.75, 3.05) is 0 Å². The highest BCUT2D eigenvalue weighted by Crippen LogP contribution is 2.13. The van der Waals surface area contributed by atoms with E-state index >= 15 is 0 Å². The summed E-state index contributed by atoms with van der Waals surface area (Å²) in [5.41, 5.74) is -0.648. The van der Waals surface area contributed by atoms with Crippen molar-refractivity contribution in [2.24, 2.45) is 7.05 Å². The van der Waals surface area contributed by atoms with Crippen LogP contribution in [0.25, 0.3) is 0 Å². The number of rotatable bonds is 5. The number of carboxylic acid groups (broad SMARTS) is 1. The molecule has 6 nitrogen and oxygen atoms in total. The van der Waals surface area contributed by atoms with Crippen LogP contribution in [-0.4, -0.2) is 32.9 Å². The van der Waals surface area contributed by atoms with Gasteiger partial charge < -0.3 is 15.0 Å². The zero-order valence-corrected chi connectivity index (χ0v) is 11.5. The van der Waals surface area contributed by atoms with E-state index in [2.05, 4.69) is 5.32 Å². The Hall–Kier alpha value is -2.11. The fourth-order valence-electron chi connectivity index (χ4n) is 1.59. The maximum absolute atomic E-state index is 12.1. The minimum atomic E-state index is -1.32. The number of aliphatic carboxylic acids is 1. The number of carboxylic acids is 1. The number of hydrogen-bond donors (Lipinski definition) is 2. The number of aromatic nitrogens is 1. The zero-order valence-electron chi connectivity index (χ0n) is 11.5. The highest BCUT2D eigenvalue weighted by Gasteiger charge is 2.33. The molecule has 0 aromatic carbocycles. The molecule has 1 amide bonds. The van der Waals surface area contributed by atoms with Crippen molar-refractivity contribution in [3.05, 3.63) is 23.5 Å². The van der Waals surface area contributed by atoms with Crippen LogP contribution in [0.1, 0.15) is 48.0 Å². The Morgan fingerprint density at radius 1 is 1.42 bits per heavy atom. The van der Waals surface area contributed by atoms with E-state index in [0.29, 0.717) is 5.56 Å². The Kier molecular flexibility index (Phi) is 4.14. The van der Waals surface area contributed by atoms with Crippen molar-refractivity contribution >= 4 is 17.7 Å².